The fourth-order valence-corrected chi connectivity index (χ4v) is 0.914. The summed E-state index contributed by atoms with van der Waals surface area (Å²) in [5, 5.41) is 0. The second kappa shape index (κ2) is 3.20. The highest BCUT2D eigenvalue weighted by Crippen LogP contribution is 2.19. The Labute approximate surface area is 72.8 Å². The first-order chi connectivity index (χ1) is 5.87. The maximum absolute atomic E-state index is 11.9. The molecule has 0 aliphatic rings. The normalized spacial score (nSPS) is 11.7. The Kier molecular flexibility index (Phi) is 2.40. The molecule has 13 heavy (non-hydrogen) atoms. The lowest BCUT2D eigenvalue weighted by atomic mass is 10.3. The highest BCUT2D eigenvalue weighted by atomic mass is 19.4. The van der Waals surface area contributed by atoms with Crippen molar-refractivity contribution >= 4 is 5.82 Å². The van der Waals surface area contributed by atoms with Gasteiger partial charge in [-0.3, -0.25) is 0 Å². The lowest BCUT2D eigenvalue weighted by molar-refractivity contribution is -0.128. The molecule has 2 N–H and O–H groups in total. The van der Waals surface area contributed by atoms with Crippen LogP contribution in [0.4, 0.5) is 19.0 Å². The number of nitrogen functional groups attached to an aromatic ring is 1. The number of rotatable bonds is 1. The lowest BCUT2D eigenvalue weighted by Crippen LogP contribution is -2.15. The summed E-state index contributed by atoms with van der Waals surface area (Å²) in [5.74, 6) is -0.225. The first-order valence-electron chi connectivity index (χ1n) is 3.53. The molecule has 72 valence electrons. The Morgan fingerprint density at radius 2 is 2.00 bits per heavy atom. The van der Waals surface area contributed by atoms with Crippen molar-refractivity contribution in [1.29, 1.82) is 0 Å². The molecule has 0 fully saturated rings. The quantitative estimate of drug-likeness (QED) is 0.731. The Bertz CT molecular complexity index is 288. The van der Waals surface area contributed by atoms with Crippen LogP contribution in [0.1, 0.15) is 11.5 Å². The molecule has 0 radical (unpaired) electrons. The standard InChI is InChI=1S/C7H8F3N3/c1-4-2-5(11)13-6(12-4)3-7(8,9)10/h2H,3H2,1H3,(H2,11,12,13). The summed E-state index contributed by atoms with van der Waals surface area (Å²) in [7, 11) is 0. The van der Waals surface area contributed by atoms with Crippen LogP contribution in [0, 0.1) is 6.92 Å². The molecule has 0 spiro atoms. The van der Waals surface area contributed by atoms with E-state index in [9.17, 15) is 13.2 Å². The van der Waals surface area contributed by atoms with Gasteiger partial charge in [0.2, 0.25) is 0 Å². The average molecular weight is 191 g/mol. The van der Waals surface area contributed by atoms with E-state index in [2.05, 4.69) is 9.97 Å². The zero-order valence-corrected chi connectivity index (χ0v) is 6.89. The molecule has 1 rings (SSSR count). The maximum Gasteiger partial charge on any atom is 0.396 e. The largest absolute Gasteiger partial charge is 0.396 e. The number of aryl methyl sites for hydroxylation is 1. The first kappa shape index (κ1) is 9.76. The minimum Gasteiger partial charge on any atom is -0.384 e. The van der Waals surface area contributed by atoms with Crippen LogP contribution in [0.3, 0.4) is 0 Å². The third-order valence-electron chi connectivity index (χ3n) is 1.28. The molecule has 1 aromatic rings. The van der Waals surface area contributed by atoms with Gasteiger partial charge in [-0.2, -0.15) is 13.2 Å². The van der Waals surface area contributed by atoms with Gasteiger partial charge in [0, 0.05) is 11.8 Å². The molecular weight excluding hydrogens is 183 g/mol. The van der Waals surface area contributed by atoms with Crippen LogP contribution in [0.5, 0.6) is 0 Å². The third kappa shape index (κ3) is 3.27. The lowest BCUT2D eigenvalue weighted by Gasteiger charge is -2.05. The van der Waals surface area contributed by atoms with Gasteiger partial charge in [0.1, 0.15) is 18.1 Å². The van der Waals surface area contributed by atoms with Crippen molar-refractivity contribution < 1.29 is 13.2 Å². The van der Waals surface area contributed by atoms with Crippen LogP contribution in [0.25, 0.3) is 0 Å². The van der Waals surface area contributed by atoms with Crippen LogP contribution < -0.4 is 5.73 Å². The topological polar surface area (TPSA) is 51.8 Å². The molecule has 0 saturated heterocycles. The molecule has 0 atom stereocenters. The van der Waals surface area contributed by atoms with Crippen LogP contribution >= 0.6 is 0 Å². The average Bonchev–Trinajstić information content (AvgIpc) is 1.78. The fourth-order valence-electron chi connectivity index (χ4n) is 0.914. The van der Waals surface area contributed by atoms with Crippen LogP contribution in [0.2, 0.25) is 0 Å². The molecule has 3 nitrogen and oxygen atoms in total. The van der Waals surface area contributed by atoms with Crippen molar-refractivity contribution in [1.82, 2.24) is 9.97 Å². The summed E-state index contributed by atoms with van der Waals surface area (Å²) in [6, 6.07) is 1.42. The van der Waals surface area contributed by atoms with Crippen molar-refractivity contribution in [3.05, 3.63) is 17.6 Å². The van der Waals surface area contributed by atoms with Crippen molar-refractivity contribution in [3.8, 4) is 0 Å². The van der Waals surface area contributed by atoms with Gasteiger partial charge in [-0.15, -0.1) is 0 Å². The highest BCUT2D eigenvalue weighted by molar-refractivity contribution is 5.29. The van der Waals surface area contributed by atoms with E-state index in [0.717, 1.165) is 0 Å². The maximum atomic E-state index is 11.9. The van der Waals surface area contributed by atoms with Gasteiger partial charge < -0.3 is 5.73 Å². The van der Waals surface area contributed by atoms with E-state index >= 15 is 0 Å². The molecule has 0 aliphatic carbocycles. The van der Waals surface area contributed by atoms with Gasteiger partial charge in [0.25, 0.3) is 0 Å². The van der Waals surface area contributed by atoms with E-state index in [0.29, 0.717) is 5.69 Å². The summed E-state index contributed by atoms with van der Waals surface area (Å²) in [6.07, 6.45) is -5.43. The van der Waals surface area contributed by atoms with Gasteiger partial charge in [-0.25, -0.2) is 9.97 Å². The number of anilines is 1. The molecule has 0 unspecified atom stereocenters. The third-order valence-corrected chi connectivity index (χ3v) is 1.28. The molecule has 0 aromatic carbocycles. The van der Waals surface area contributed by atoms with Gasteiger partial charge in [-0.05, 0) is 6.92 Å². The molecular formula is C7H8F3N3. The van der Waals surface area contributed by atoms with Crippen LogP contribution in [-0.2, 0) is 6.42 Å². The van der Waals surface area contributed by atoms with Crippen molar-refractivity contribution in [3.63, 3.8) is 0 Å². The summed E-state index contributed by atoms with van der Waals surface area (Å²) in [4.78, 5) is 7.07. The van der Waals surface area contributed by atoms with Gasteiger partial charge in [-0.1, -0.05) is 0 Å². The first-order valence-corrected chi connectivity index (χ1v) is 3.53. The molecule has 1 heterocycles. The van der Waals surface area contributed by atoms with E-state index < -0.39 is 12.6 Å². The summed E-state index contributed by atoms with van der Waals surface area (Å²) < 4.78 is 35.7. The Balaban J connectivity index is 2.90. The number of alkyl halides is 3. The molecule has 0 saturated carbocycles. The van der Waals surface area contributed by atoms with Crippen LogP contribution in [0.15, 0.2) is 6.07 Å². The van der Waals surface area contributed by atoms with Gasteiger partial charge in [0.15, 0.2) is 0 Å². The van der Waals surface area contributed by atoms with Crippen molar-refractivity contribution in [2.75, 3.05) is 5.73 Å². The molecule has 1 aromatic heterocycles. The van der Waals surface area contributed by atoms with Gasteiger partial charge >= 0.3 is 6.18 Å². The smallest absolute Gasteiger partial charge is 0.384 e. The Morgan fingerprint density at radius 3 is 2.46 bits per heavy atom. The van der Waals surface area contributed by atoms with E-state index in [1.54, 1.807) is 6.92 Å². The SMILES string of the molecule is Cc1cc(N)nc(CC(F)(F)F)n1. The minimum atomic E-state index is -4.29. The zero-order chi connectivity index (χ0) is 10.1. The molecule has 6 heteroatoms. The van der Waals surface area contributed by atoms with Crippen molar-refractivity contribution in [2.24, 2.45) is 0 Å². The van der Waals surface area contributed by atoms with Crippen LogP contribution in [-0.4, -0.2) is 16.1 Å². The Morgan fingerprint density at radius 1 is 1.38 bits per heavy atom. The molecule has 0 aliphatic heterocycles. The second-order valence-corrected chi connectivity index (χ2v) is 2.64. The predicted octanol–water partition coefficient (Wildman–Crippen LogP) is 1.47. The van der Waals surface area contributed by atoms with E-state index in [1.807, 2.05) is 0 Å². The Hall–Kier alpha value is -1.33. The highest BCUT2D eigenvalue weighted by Gasteiger charge is 2.29. The number of halogens is 3. The zero-order valence-electron chi connectivity index (χ0n) is 6.89. The second-order valence-electron chi connectivity index (χ2n) is 2.64. The fraction of sp³-hybridized carbons (Fsp3) is 0.429. The number of aromatic nitrogens is 2. The van der Waals surface area contributed by atoms with E-state index in [-0.39, 0.29) is 11.6 Å². The summed E-state index contributed by atoms with van der Waals surface area (Å²) in [6.45, 7) is 1.57. The van der Waals surface area contributed by atoms with E-state index in [1.165, 1.54) is 6.07 Å². The summed E-state index contributed by atoms with van der Waals surface area (Å²) >= 11 is 0. The van der Waals surface area contributed by atoms with Gasteiger partial charge in [0.05, 0.1) is 0 Å². The van der Waals surface area contributed by atoms with E-state index in [4.69, 9.17) is 5.73 Å². The molecule has 0 bridgehead atoms. The number of hydrogen-bond donors (Lipinski definition) is 1. The number of hydrogen-bond acceptors (Lipinski definition) is 3. The molecule has 0 amide bonds. The monoisotopic (exact) mass is 191 g/mol. The summed E-state index contributed by atoms with van der Waals surface area (Å²) in [5.41, 5.74) is 5.70. The number of nitrogens with two attached hydrogens (primary N) is 1. The number of nitrogens with zero attached hydrogens (tertiary/aromatic N) is 2. The predicted molar refractivity (Wildman–Crippen MR) is 40.9 cm³/mol. The van der Waals surface area contributed by atoms with Crippen molar-refractivity contribution in [2.45, 2.75) is 19.5 Å². The minimum absolute atomic E-state index is 0.0618.